The molecule has 4 nitrogen and oxygen atoms in total. The van der Waals surface area contributed by atoms with Crippen LogP contribution in [0.15, 0.2) is 22.7 Å². The number of carboxylic acids is 1. The molecular weight excluding hydrogens is 310 g/mol. The summed E-state index contributed by atoms with van der Waals surface area (Å²) in [5.74, 6) is -1.08. The smallest absolute Gasteiger partial charge is 0.303 e. The molecule has 0 bridgehead atoms. The van der Waals surface area contributed by atoms with E-state index in [1.807, 2.05) is 25.1 Å². The van der Waals surface area contributed by atoms with Crippen molar-refractivity contribution < 1.29 is 14.7 Å². The van der Waals surface area contributed by atoms with Crippen LogP contribution in [0.3, 0.4) is 0 Å². The Balaban J connectivity index is 2.70. The van der Waals surface area contributed by atoms with Crippen LogP contribution in [0.1, 0.15) is 32.3 Å². The van der Waals surface area contributed by atoms with Crippen molar-refractivity contribution in [3.05, 3.63) is 28.2 Å². The average Bonchev–Trinajstić information content (AvgIpc) is 2.20. The summed E-state index contributed by atoms with van der Waals surface area (Å²) in [5.41, 5.74) is 1.19. The van der Waals surface area contributed by atoms with Gasteiger partial charge >= 0.3 is 5.97 Å². The van der Waals surface area contributed by atoms with E-state index in [-0.39, 0.29) is 18.7 Å². The fourth-order valence-electron chi connectivity index (χ4n) is 1.84. The maximum Gasteiger partial charge on any atom is 0.303 e. The number of carboxylic acid groups (broad SMARTS) is 1. The van der Waals surface area contributed by atoms with Gasteiger partial charge in [0.25, 0.3) is 0 Å². The van der Waals surface area contributed by atoms with Gasteiger partial charge < -0.3 is 10.4 Å². The first kappa shape index (κ1) is 15.7. The van der Waals surface area contributed by atoms with E-state index in [1.54, 1.807) is 13.8 Å². The van der Waals surface area contributed by atoms with Crippen molar-refractivity contribution in [1.29, 1.82) is 0 Å². The van der Waals surface area contributed by atoms with Crippen LogP contribution >= 0.6 is 15.9 Å². The van der Waals surface area contributed by atoms with Gasteiger partial charge in [0.2, 0.25) is 5.91 Å². The zero-order chi connectivity index (χ0) is 14.6. The van der Waals surface area contributed by atoms with Crippen LogP contribution in [0.5, 0.6) is 0 Å². The maximum atomic E-state index is 11.9. The maximum absolute atomic E-state index is 11.9. The van der Waals surface area contributed by atoms with Gasteiger partial charge in [0.05, 0.1) is 12.1 Å². The van der Waals surface area contributed by atoms with Gasteiger partial charge in [-0.1, -0.05) is 19.9 Å². The fourth-order valence-corrected chi connectivity index (χ4v) is 2.18. The van der Waals surface area contributed by atoms with E-state index >= 15 is 0 Å². The molecule has 104 valence electrons. The molecule has 1 aromatic rings. The number of hydrogen-bond donors (Lipinski definition) is 2. The van der Waals surface area contributed by atoms with Crippen molar-refractivity contribution in [2.45, 2.75) is 33.6 Å². The molecule has 0 fully saturated rings. The number of benzene rings is 1. The van der Waals surface area contributed by atoms with Gasteiger partial charge in [-0.3, -0.25) is 9.59 Å². The van der Waals surface area contributed by atoms with Gasteiger partial charge in [-0.25, -0.2) is 0 Å². The predicted molar refractivity (Wildman–Crippen MR) is 78.2 cm³/mol. The first-order valence-electron chi connectivity index (χ1n) is 5.97. The molecular formula is C14H18BrNO3. The Morgan fingerprint density at radius 1 is 1.32 bits per heavy atom. The van der Waals surface area contributed by atoms with Gasteiger partial charge in [0.15, 0.2) is 0 Å². The summed E-state index contributed by atoms with van der Waals surface area (Å²) in [4.78, 5) is 22.7. The lowest BCUT2D eigenvalue weighted by molar-refractivity contribution is -0.139. The van der Waals surface area contributed by atoms with Gasteiger partial charge in [0, 0.05) is 10.9 Å². The van der Waals surface area contributed by atoms with Crippen molar-refractivity contribution in [1.82, 2.24) is 0 Å². The molecule has 0 atom stereocenters. The van der Waals surface area contributed by atoms with E-state index in [1.165, 1.54) is 0 Å². The standard InChI is InChI=1S/C14H18BrNO3/c1-9-4-5-10(15)11(6-9)16-12(17)7-14(2,3)8-13(18)19/h4-6H,7-8H2,1-3H3,(H,16,17)(H,18,19). The van der Waals surface area contributed by atoms with Crippen LogP contribution in [-0.2, 0) is 9.59 Å². The number of anilines is 1. The van der Waals surface area contributed by atoms with E-state index in [0.29, 0.717) is 5.69 Å². The van der Waals surface area contributed by atoms with Gasteiger partial charge in [-0.15, -0.1) is 0 Å². The second-order valence-electron chi connectivity index (χ2n) is 5.44. The van der Waals surface area contributed by atoms with Crippen molar-refractivity contribution in [2.24, 2.45) is 5.41 Å². The van der Waals surface area contributed by atoms with Gasteiger partial charge in [0.1, 0.15) is 0 Å². The molecule has 1 aromatic carbocycles. The molecule has 0 unspecified atom stereocenters. The lowest BCUT2D eigenvalue weighted by Gasteiger charge is -2.21. The van der Waals surface area contributed by atoms with Crippen LogP contribution in [0.4, 0.5) is 5.69 Å². The number of carbonyl (C=O) groups excluding carboxylic acids is 1. The zero-order valence-corrected chi connectivity index (χ0v) is 12.9. The van der Waals surface area contributed by atoms with Gasteiger partial charge in [-0.2, -0.15) is 0 Å². The quantitative estimate of drug-likeness (QED) is 0.868. The third kappa shape index (κ3) is 5.42. The van der Waals surface area contributed by atoms with Crippen molar-refractivity contribution in [2.75, 3.05) is 5.32 Å². The first-order valence-corrected chi connectivity index (χ1v) is 6.77. The number of rotatable bonds is 5. The van der Waals surface area contributed by atoms with Crippen molar-refractivity contribution in [3.8, 4) is 0 Å². The van der Waals surface area contributed by atoms with Crippen LogP contribution < -0.4 is 5.32 Å². The Labute approximate surface area is 121 Å². The highest BCUT2D eigenvalue weighted by molar-refractivity contribution is 9.10. The molecule has 0 aliphatic carbocycles. The SMILES string of the molecule is Cc1ccc(Br)c(NC(=O)CC(C)(C)CC(=O)O)c1. The number of nitrogens with one attached hydrogen (secondary N) is 1. The Kier molecular flexibility index (Phi) is 5.11. The van der Waals surface area contributed by atoms with E-state index < -0.39 is 11.4 Å². The number of amides is 1. The summed E-state index contributed by atoms with van der Waals surface area (Å²) in [7, 11) is 0. The molecule has 0 heterocycles. The number of aryl methyl sites for hydroxylation is 1. The Morgan fingerprint density at radius 3 is 2.53 bits per heavy atom. The molecule has 0 aromatic heterocycles. The van der Waals surface area contributed by atoms with E-state index in [9.17, 15) is 9.59 Å². The Bertz CT molecular complexity index is 497. The summed E-state index contributed by atoms with van der Waals surface area (Å²) in [6.07, 6.45) is 0.134. The topological polar surface area (TPSA) is 66.4 Å². The van der Waals surface area contributed by atoms with Crippen LogP contribution in [-0.4, -0.2) is 17.0 Å². The van der Waals surface area contributed by atoms with E-state index in [0.717, 1.165) is 10.0 Å². The lowest BCUT2D eigenvalue weighted by atomic mass is 9.85. The molecule has 1 rings (SSSR count). The summed E-state index contributed by atoms with van der Waals surface area (Å²) in [6.45, 7) is 5.48. The molecule has 1 amide bonds. The Morgan fingerprint density at radius 2 is 1.95 bits per heavy atom. The van der Waals surface area contributed by atoms with Crippen molar-refractivity contribution in [3.63, 3.8) is 0 Å². The third-order valence-electron chi connectivity index (χ3n) is 2.66. The minimum Gasteiger partial charge on any atom is -0.481 e. The predicted octanol–water partition coefficient (Wildman–Crippen LogP) is 3.59. The second kappa shape index (κ2) is 6.19. The normalized spacial score (nSPS) is 11.2. The van der Waals surface area contributed by atoms with Crippen molar-refractivity contribution >= 4 is 33.5 Å². The highest BCUT2D eigenvalue weighted by atomic mass is 79.9. The molecule has 0 saturated heterocycles. The molecule has 5 heteroatoms. The molecule has 0 aliphatic heterocycles. The van der Waals surface area contributed by atoms with Crippen LogP contribution in [0.25, 0.3) is 0 Å². The first-order chi connectivity index (χ1) is 8.69. The van der Waals surface area contributed by atoms with Crippen LogP contribution in [0.2, 0.25) is 0 Å². The molecule has 2 N–H and O–H groups in total. The van der Waals surface area contributed by atoms with Crippen LogP contribution in [0, 0.1) is 12.3 Å². The monoisotopic (exact) mass is 327 g/mol. The zero-order valence-electron chi connectivity index (χ0n) is 11.3. The lowest BCUT2D eigenvalue weighted by Crippen LogP contribution is -2.24. The molecule has 0 saturated carbocycles. The fraction of sp³-hybridized carbons (Fsp3) is 0.429. The minimum absolute atomic E-state index is 0.0323. The largest absolute Gasteiger partial charge is 0.481 e. The molecule has 19 heavy (non-hydrogen) atoms. The minimum atomic E-state index is -0.894. The van der Waals surface area contributed by atoms with E-state index in [4.69, 9.17) is 5.11 Å². The second-order valence-corrected chi connectivity index (χ2v) is 6.30. The number of hydrogen-bond acceptors (Lipinski definition) is 2. The molecule has 0 radical (unpaired) electrons. The summed E-state index contributed by atoms with van der Waals surface area (Å²) >= 11 is 3.37. The number of aliphatic carboxylic acids is 1. The molecule has 0 spiro atoms. The Hall–Kier alpha value is -1.36. The third-order valence-corrected chi connectivity index (χ3v) is 3.36. The average molecular weight is 328 g/mol. The van der Waals surface area contributed by atoms with E-state index in [2.05, 4.69) is 21.2 Å². The highest BCUT2D eigenvalue weighted by Gasteiger charge is 2.25. The summed E-state index contributed by atoms with van der Waals surface area (Å²) in [5, 5.41) is 11.6. The number of carbonyl (C=O) groups is 2. The van der Waals surface area contributed by atoms with Gasteiger partial charge in [-0.05, 0) is 46.0 Å². The molecule has 0 aliphatic rings. The number of halogens is 1. The summed E-state index contributed by atoms with van der Waals surface area (Å²) in [6, 6.07) is 5.67. The summed E-state index contributed by atoms with van der Waals surface area (Å²) < 4.78 is 0.808. The highest BCUT2D eigenvalue weighted by Crippen LogP contribution is 2.28.